The van der Waals surface area contributed by atoms with Crippen molar-refractivity contribution in [2.75, 3.05) is 0 Å². The van der Waals surface area contributed by atoms with Crippen molar-refractivity contribution >= 4 is 0 Å². The van der Waals surface area contributed by atoms with E-state index in [1.54, 1.807) is 24.3 Å². The summed E-state index contributed by atoms with van der Waals surface area (Å²) >= 11 is 0. The predicted molar refractivity (Wildman–Crippen MR) is 54.3 cm³/mol. The maximum atomic E-state index is 9.08. The van der Waals surface area contributed by atoms with Crippen molar-refractivity contribution in [3.05, 3.63) is 24.3 Å². The molecule has 0 aliphatic heterocycles. The Morgan fingerprint density at radius 1 is 1.21 bits per heavy atom. The zero-order valence-corrected chi connectivity index (χ0v) is 8.02. The molecular weight excluding hydrogens is 178 g/mol. The Labute approximate surface area is 83.5 Å². The number of hydrogen-bond donors (Lipinski definition) is 2. The fourth-order valence-electron chi connectivity index (χ4n) is 1.80. The SMILES string of the molecule is NC1CCC(Oc2ccc(O)cc2)C1. The average molecular weight is 193 g/mol. The Bertz CT molecular complexity index is 297. The maximum absolute atomic E-state index is 9.08. The van der Waals surface area contributed by atoms with Crippen LogP contribution < -0.4 is 10.5 Å². The van der Waals surface area contributed by atoms with E-state index in [1.165, 1.54) is 0 Å². The van der Waals surface area contributed by atoms with Crippen LogP contribution in [0.15, 0.2) is 24.3 Å². The van der Waals surface area contributed by atoms with E-state index in [0.717, 1.165) is 25.0 Å². The highest BCUT2D eigenvalue weighted by Gasteiger charge is 2.22. The lowest BCUT2D eigenvalue weighted by molar-refractivity contribution is 0.208. The Kier molecular flexibility index (Phi) is 2.59. The molecule has 3 heteroatoms. The van der Waals surface area contributed by atoms with Gasteiger partial charge in [-0.05, 0) is 43.5 Å². The van der Waals surface area contributed by atoms with Crippen LogP contribution >= 0.6 is 0 Å². The molecule has 0 radical (unpaired) electrons. The maximum Gasteiger partial charge on any atom is 0.119 e. The third-order valence-corrected chi connectivity index (χ3v) is 2.56. The Balaban J connectivity index is 1.94. The molecule has 1 fully saturated rings. The molecule has 0 bridgehead atoms. The largest absolute Gasteiger partial charge is 0.508 e. The minimum Gasteiger partial charge on any atom is -0.508 e. The van der Waals surface area contributed by atoms with Crippen molar-refractivity contribution in [1.82, 2.24) is 0 Å². The van der Waals surface area contributed by atoms with Gasteiger partial charge in [0.1, 0.15) is 17.6 Å². The predicted octanol–water partition coefficient (Wildman–Crippen LogP) is 1.65. The van der Waals surface area contributed by atoms with Crippen molar-refractivity contribution in [2.24, 2.45) is 5.73 Å². The highest BCUT2D eigenvalue weighted by molar-refractivity contribution is 5.30. The summed E-state index contributed by atoms with van der Waals surface area (Å²) in [7, 11) is 0. The van der Waals surface area contributed by atoms with Crippen LogP contribution in [0.3, 0.4) is 0 Å². The van der Waals surface area contributed by atoms with Gasteiger partial charge in [-0.25, -0.2) is 0 Å². The molecule has 1 aliphatic carbocycles. The fraction of sp³-hybridized carbons (Fsp3) is 0.455. The minimum atomic E-state index is 0.245. The third-order valence-electron chi connectivity index (χ3n) is 2.56. The van der Waals surface area contributed by atoms with E-state index in [1.807, 2.05) is 0 Å². The van der Waals surface area contributed by atoms with E-state index in [2.05, 4.69) is 0 Å². The first-order valence-corrected chi connectivity index (χ1v) is 4.95. The van der Waals surface area contributed by atoms with Crippen LogP contribution in [0.1, 0.15) is 19.3 Å². The average Bonchev–Trinajstić information content (AvgIpc) is 2.56. The van der Waals surface area contributed by atoms with Gasteiger partial charge in [-0.2, -0.15) is 0 Å². The number of phenols is 1. The topological polar surface area (TPSA) is 55.5 Å². The molecular formula is C11H15NO2. The zero-order chi connectivity index (χ0) is 9.97. The molecule has 2 unspecified atom stereocenters. The van der Waals surface area contributed by atoms with E-state index in [0.29, 0.717) is 0 Å². The number of ether oxygens (including phenoxy) is 1. The van der Waals surface area contributed by atoms with E-state index in [4.69, 9.17) is 15.6 Å². The minimum absolute atomic E-state index is 0.245. The summed E-state index contributed by atoms with van der Waals surface area (Å²) in [5, 5.41) is 9.08. The summed E-state index contributed by atoms with van der Waals surface area (Å²) in [6.07, 6.45) is 3.25. The van der Waals surface area contributed by atoms with E-state index in [9.17, 15) is 0 Å². The summed E-state index contributed by atoms with van der Waals surface area (Å²) in [5.41, 5.74) is 5.78. The highest BCUT2D eigenvalue weighted by Crippen LogP contribution is 2.24. The Morgan fingerprint density at radius 3 is 2.50 bits per heavy atom. The first-order chi connectivity index (χ1) is 6.74. The summed E-state index contributed by atoms with van der Waals surface area (Å²) in [5.74, 6) is 1.07. The van der Waals surface area contributed by atoms with Crippen molar-refractivity contribution < 1.29 is 9.84 Å². The number of hydrogen-bond acceptors (Lipinski definition) is 3. The molecule has 0 saturated heterocycles. The van der Waals surface area contributed by atoms with Gasteiger partial charge in [0.2, 0.25) is 0 Å². The van der Waals surface area contributed by atoms with Gasteiger partial charge in [0, 0.05) is 6.04 Å². The van der Waals surface area contributed by atoms with E-state index >= 15 is 0 Å². The summed E-state index contributed by atoms with van der Waals surface area (Å²) in [6.45, 7) is 0. The summed E-state index contributed by atoms with van der Waals surface area (Å²) in [4.78, 5) is 0. The number of nitrogens with two attached hydrogens (primary N) is 1. The van der Waals surface area contributed by atoms with Crippen LogP contribution in [0.4, 0.5) is 0 Å². The van der Waals surface area contributed by atoms with Gasteiger partial charge < -0.3 is 15.6 Å². The molecule has 1 saturated carbocycles. The molecule has 1 aromatic rings. The molecule has 3 nitrogen and oxygen atoms in total. The standard InChI is InChI=1S/C11H15NO2/c12-8-1-4-11(7-8)14-10-5-2-9(13)3-6-10/h2-3,5-6,8,11,13H,1,4,7,12H2. The summed E-state index contributed by atoms with van der Waals surface area (Å²) in [6, 6.07) is 7.10. The molecule has 0 heterocycles. The van der Waals surface area contributed by atoms with Crippen LogP contribution in [0.2, 0.25) is 0 Å². The van der Waals surface area contributed by atoms with Crippen molar-refractivity contribution in [3.63, 3.8) is 0 Å². The van der Waals surface area contributed by atoms with Gasteiger partial charge in [-0.1, -0.05) is 0 Å². The molecule has 2 atom stereocenters. The molecule has 1 aromatic carbocycles. The lowest BCUT2D eigenvalue weighted by Gasteiger charge is -2.13. The molecule has 76 valence electrons. The fourth-order valence-corrected chi connectivity index (χ4v) is 1.80. The second-order valence-electron chi connectivity index (χ2n) is 3.81. The first-order valence-electron chi connectivity index (χ1n) is 4.95. The molecule has 1 aliphatic rings. The first kappa shape index (κ1) is 9.34. The second kappa shape index (κ2) is 3.88. The second-order valence-corrected chi connectivity index (χ2v) is 3.81. The van der Waals surface area contributed by atoms with Crippen LogP contribution in [-0.2, 0) is 0 Å². The monoisotopic (exact) mass is 193 g/mol. The zero-order valence-electron chi connectivity index (χ0n) is 8.02. The van der Waals surface area contributed by atoms with E-state index < -0.39 is 0 Å². The number of rotatable bonds is 2. The summed E-state index contributed by atoms with van der Waals surface area (Å²) < 4.78 is 5.71. The van der Waals surface area contributed by atoms with Crippen LogP contribution in [0, 0.1) is 0 Å². The Hall–Kier alpha value is -1.22. The van der Waals surface area contributed by atoms with Crippen molar-refractivity contribution in [1.29, 1.82) is 0 Å². The molecule has 0 aromatic heterocycles. The number of phenolic OH excluding ortho intramolecular Hbond substituents is 1. The molecule has 3 N–H and O–H groups in total. The molecule has 0 spiro atoms. The Morgan fingerprint density at radius 2 is 1.93 bits per heavy atom. The van der Waals surface area contributed by atoms with Crippen LogP contribution in [0.5, 0.6) is 11.5 Å². The quantitative estimate of drug-likeness (QED) is 0.750. The normalized spacial score (nSPS) is 26.4. The number of aromatic hydroxyl groups is 1. The van der Waals surface area contributed by atoms with Gasteiger partial charge in [0.25, 0.3) is 0 Å². The highest BCUT2D eigenvalue weighted by atomic mass is 16.5. The van der Waals surface area contributed by atoms with Crippen LogP contribution in [0.25, 0.3) is 0 Å². The van der Waals surface area contributed by atoms with Crippen molar-refractivity contribution in [3.8, 4) is 11.5 Å². The van der Waals surface area contributed by atoms with Gasteiger partial charge >= 0.3 is 0 Å². The van der Waals surface area contributed by atoms with Gasteiger partial charge in [-0.3, -0.25) is 0 Å². The van der Waals surface area contributed by atoms with E-state index in [-0.39, 0.29) is 17.9 Å². The van der Waals surface area contributed by atoms with Gasteiger partial charge in [-0.15, -0.1) is 0 Å². The lowest BCUT2D eigenvalue weighted by Crippen LogP contribution is -2.19. The third kappa shape index (κ3) is 2.17. The van der Waals surface area contributed by atoms with Gasteiger partial charge in [0.15, 0.2) is 0 Å². The smallest absolute Gasteiger partial charge is 0.119 e. The van der Waals surface area contributed by atoms with Gasteiger partial charge in [0.05, 0.1) is 0 Å². The molecule has 0 amide bonds. The van der Waals surface area contributed by atoms with Crippen LogP contribution in [-0.4, -0.2) is 17.3 Å². The lowest BCUT2D eigenvalue weighted by atomic mass is 10.2. The molecule has 14 heavy (non-hydrogen) atoms. The molecule has 2 rings (SSSR count). The van der Waals surface area contributed by atoms with Crippen molar-refractivity contribution in [2.45, 2.75) is 31.4 Å². The number of benzene rings is 1.